The summed E-state index contributed by atoms with van der Waals surface area (Å²) < 4.78 is 72.7. The van der Waals surface area contributed by atoms with Crippen LogP contribution in [-0.2, 0) is 13.0 Å². The van der Waals surface area contributed by atoms with Gasteiger partial charge in [-0.2, -0.15) is 27.1 Å². The van der Waals surface area contributed by atoms with E-state index in [-0.39, 0.29) is 53.0 Å². The van der Waals surface area contributed by atoms with E-state index in [2.05, 4.69) is 15.2 Å². The SMILES string of the molecule is CCn1nc(C(=O)NC[C@]2(O)CC[C@H](C)C[C@H]2O)c(Cl)c1-c1ccc(CC(C)(C)C(F)(F)F)cc1OC(F)F. The fraction of sp³-hybridized carbons (Fsp3) is 0.615. The topological polar surface area (TPSA) is 96.6 Å². The van der Waals surface area contributed by atoms with Crippen molar-refractivity contribution in [2.75, 3.05) is 6.54 Å². The molecule has 7 nitrogen and oxygen atoms in total. The second kappa shape index (κ2) is 11.6. The van der Waals surface area contributed by atoms with Crippen LogP contribution in [0.1, 0.15) is 63.0 Å². The van der Waals surface area contributed by atoms with E-state index in [9.17, 15) is 37.0 Å². The van der Waals surface area contributed by atoms with E-state index in [0.29, 0.717) is 12.8 Å². The molecule has 3 rings (SSSR count). The van der Waals surface area contributed by atoms with Gasteiger partial charge in [0, 0.05) is 18.7 Å². The van der Waals surface area contributed by atoms with Crippen LogP contribution >= 0.6 is 11.6 Å². The smallest absolute Gasteiger partial charge is 0.394 e. The zero-order valence-electron chi connectivity index (χ0n) is 22.1. The maximum atomic E-state index is 13.4. The highest BCUT2D eigenvalue weighted by Crippen LogP contribution is 2.43. The van der Waals surface area contributed by atoms with Crippen LogP contribution in [0, 0.1) is 11.3 Å². The summed E-state index contributed by atoms with van der Waals surface area (Å²) >= 11 is 6.51. The van der Waals surface area contributed by atoms with Crippen molar-refractivity contribution in [1.29, 1.82) is 0 Å². The standard InChI is InChI=1S/C26H33ClF5N3O4/c1-5-35-21(16-7-6-15(11-17(16)39-23(28)29)12-24(3,4)26(30,31)32)19(27)20(34-35)22(37)33-13-25(38)9-8-14(2)10-18(25)36/h6-7,11,14,18,23,36,38H,5,8-10,12-13H2,1-4H3,(H,33,37)/t14-,18+,25+/m0/s1. The van der Waals surface area contributed by atoms with Crippen molar-refractivity contribution in [3.63, 3.8) is 0 Å². The van der Waals surface area contributed by atoms with Crippen molar-refractivity contribution in [1.82, 2.24) is 15.1 Å². The average molecular weight is 582 g/mol. The molecule has 1 heterocycles. The Bertz CT molecular complexity index is 1190. The molecule has 1 amide bonds. The lowest BCUT2D eigenvalue weighted by Gasteiger charge is -2.39. The molecule has 3 N–H and O–H groups in total. The van der Waals surface area contributed by atoms with Gasteiger partial charge < -0.3 is 20.3 Å². The van der Waals surface area contributed by atoms with Crippen LogP contribution in [-0.4, -0.2) is 56.9 Å². The van der Waals surface area contributed by atoms with Crippen molar-refractivity contribution in [3.8, 4) is 17.0 Å². The summed E-state index contributed by atoms with van der Waals surface area (Å²) in [5.41, 5.74) is -3.71. The van der Waals surface area contributed by atoms with Crippen molar-refractivity contribution in [3.05, 3.63) is 34.5 Å². The van der Waals surface area contributed by atoms with E-state index < -0.39 is 48.0 Å². The van der Waals surface area contributed by atoms with Gasteiger partial charge in [0.1, 0.15) is 11.4 Å². The number of alkyl halides is 5. The molecule has 1 aromatic heterocycles. The van der Waals surface area contributed by atoms with Crippen molar-refractivity contribution in [2.24, 2.45) is 11.3 Å². The van der Waals surface area contributed by atoms with Gasteiger partial charge in [0.15, 0.2) is 5.69 Å². The molecule has 3 atom stereocenters. The average Bonchev–Trinajstić information content (AvgIpc) is 3.15. The number of nitrogens with one attached hydrogen (secondary N) is 1. The number of amides is 1. The van der Waals surface area contributed by atoms with E-state index in [0.717, 1.165) is 19.9 Å². The van der Waals surface area contributed by atoms with E-state index in [1.54, 1.807) is 6.92 Å². The normalized spacial score (nSPS) is 22.3. The van der Waals surface area contributed by atoms with E-state index in [1.165, 1.54) is 16.8 Å². The number of benzene rings is 1. The summed E-state index contributed by atoms with van der Waals surface area (Å²) in [4.78, 5) is 13.0. The quantitative estimate of drug-likeness (QED) is 0.335. The number of ether oxygens (including phenoxy) is 1. The van der Waals surface area contributed by atoms with Gasteiger partial charge >= 0.3 is 12.8 Å². The van der Waals surface area contributed by atoms with Gasteiger partial charge in [-0.1, -0.05) is 38.4 Å². The molecule has 0 aliphatic heterocycles. The minimum absolute atomic E-state index is 0.0117. The van der Waals surface area contributed by atoms with Gasteiger partial charge in [0.2, 0.25) is 0 Å². The highest BCUT2D eigenvalue weighted by Gasteiger charge is 2.47. The number of aryl methyl sites for hydroxylation is 1. The Morgan fingerprint density at radius 2 is 2.00 bits per heavy atom. The largest absolute Gasteiger partial charge is 0.434 e. The number of aliphatic hydroxyl groups excluding tert-OH is 1. The maximum absolute atomic E-state index is 13.4. The highest BCUT2D eigenvalue weighted by atomic mass is 35.5. The Kier molecular flexibility index (Phi) is 9.23. The highest BCUT2D eigenvalue weighted by molar-refractivity contribution is 6.36. The van der Waals surface area contributed by atoms with Crippen LogP contribution in [0.25, 0.3) is 11.3 Å². The first-order chi connectivity index (χ1) is 18.0. The van der Waals surface area contributed by atoms with Gasteiger partial charge in [0.05, 0.1) is 22.2 Å². The third-order valence-electron chi connectivity index (χ3n) is 7.21. The number of hydrogen-bond acceptors (Lipinski definition) is 5. The molecule has 0 saturated heterocycles. The van der Waals surface area contributed by atoms with Gasteiger partial charge in [-0.25, -0.2) is 0 Å². The summed E-state index contributed by atoms with van der Waals surface area (Å²) in [6.45, 7) is 2.27. The Balaban J connectivity index is 1.94. The first-order valence-electron chi connectivity index (χ1n) is 12.6. The van der Waals surface area contributed by atoms with Gasteiger partial charge in [-0.3, -0.25) is 9.48 Å². The molecule has 0 radical (unpaired) electrons. The first-order valence-corrected chi connectivity index (χ1v) is 13.0. The molecule has 1 aliphatic rings. The monoisotopic (exact) mass is 581 g/mol. The predicted octanol–water partition coefficient (Wildman–Crippen LogP) is 5.60. The summed E-state index contributed by atoms with van der Waals surface area (Å²) in [5, 5.41) is 27.7. The molecule has 1 fully saturated rings. The lowest BCUT2D eigenvalue weighted by atomic mass is 9.77. The Morgan fingerprint density at radius 3 is 2.56 bits per heavy atom. The van der Waals surface area contributed by atoms with Gasteiger partial charge in [-0.05, 0) is 56.2 Å². The third kappa shape index (κ3) is 6.83. The van der Waals surface area contributed by atoms with Crippen LogP contribution in [0.3, 0.4) is 0 Å². The second-order valence-electron chi connectivity index (χ2n) is 10.8. The van der Waals surface area contributed by atoms with Crippen LogP contribution < -0.4 is 10.1 Å². The molecular formula is C26H33ClF5N3O4. The lowest BCUT2D eigenvalue weighted by molar-refractivity contribution is -0.211. The molecule has 13 heteroatoms. The molecule has 0 unspecified atom stereocenters. The van der Waals surface area contributed by atoms with Crippen LogP contribution in [0.4, 0.5) is 22.0 Å². The molecule has 39 heavy (non-hydrogen) atoms. The number of carbonyl (C=O) groups is 1. The molecule has 1 aromatic carbocycles. The maximum Gasteiger partial charge on any atom is 0.394 e. The lowest BCUT2D eigenvalue weighted by Crippen LogP contribution is -2.54. The van der Waals surface area contributed by atoms with E-state index in [4.69, 9.17) is 11.6 Å². The number of aromatic nitrogens is 2. The zero-order valence-corrected chi connectivity index (χ0v) is 22.8. The fourth-order valence-electron chi connectivity index (χ4n) is 4.65. The Hall–Kier alpha value is -2.44. The van der Waals surface area contributed by atoms with Crippen molar-refractivity contribution < 1.29 is 41.7 Å². The third-order valence-corrected chi connectivity index (χ3v) is 7.57. The minimum Gasteiger partial charge on any atom is -0.434 e. The summed E-state index contributed by atoms with van der Waals surface area (Å²) in [6.07, 6.45) is -4.72. The first kappa shape index (κ1) is 31.1. The van der Waals surface area contributed by atoms with Crippen molar-refractivity contribution >= 4 is 17.5 Å². The van der Waals surface area contributed by atoms with Gasteiger partial charge in [-0.15, -0.1) is 0 Å². The fourth-order valence-corrected chi connectivity index (χ4v) is 4.98. The minimum atomic E-state index is -4.53. The number of rotatable bonds is 9. The number of aliphatic hydroxyl groups is 2. The summed E-state index contributed by atoms with van der Waals surface area (Å²) in [6, 6.07) is 3.75. The molecule has 1 aliphatic carbocycles. The number of halogens is 6. The Labute approximate surface area is 228 Å². The number of nitrogens with zero attached hydrogens (tertiary/aromatic N) is 2. The van der Waals surface area contributed by atoms with Crippen LogP contribution in [0.5, 0.6) is 5.75 Å². The molecular weight excluding hydrogens is 549 g/mol. The molecule has 0 bridgehead atoms. The molecule has 0 spiro atoms. The summed E-state index contributed by atoms with van der Waals surface area (Å²) in [5.74, 6) is -0.950. The molecule has 218 valence electrons. The van der Waals surface area contributed by atoms with Crippen molar-refractivity contribution in [2.45, 2.75) is 84.4 Å². The number of hydrogen-bond donors (Lipinski definition) is 3. The predicted molar refractivity (Wildman–Crippen MR) is 135 cm³/mol. The summed E-state index contributed by atoms with van der Waals surface area (Å²) in [7, 11) is 0. The van der Waals surface area contributed by atoms with Crippen LogP contribution in [0.2, 0.25) is 5.02 Å². The van der Waals surface area contributed by atoms with E-state index in [1.807, 2.05) is 6.92 Å². The zero-order chi connectivity index (χ0) is 29.3. The van der Waals surface area contributed by atoms with E-state index >= 15 is 0 Å². The molecule has 1 saturated carbocycles. The Morgan fingerprint density at radius 1 is 1.33 bits per heavy atom. The molecule has 2 aromatic rings. The number of carbonyl (C=O) groups excluding carboxylic acids is 1. The second-order valence-corrected chi connectivity index (χ2v) is 11.2. The van der Waals surface area contributed by atoms with Gasteiger partial charge in [0.25, 0.3) is 5.91 Å². The van der Waals surface area contributed by atoms with Crippen LogP contribution in [0.15, 0.2) is 18.2 Å².